The van der Waals surface area contributed by atoms with Gasteiger partial charge in [-0.05, 0) is 69.6 Å². The summed E-state index contributed by atoms with van der Waals surface area (Å²) in [5, 5.41) is 10.2. The minimum absolute atomic E-state index is 0.458. The van der Waals surface area contributed by atoms with Crippen LogP contribution in [0.1, 0.15) is 52.9 Å². The van der Waals surface area contributed by atoms with Gasteiger partial charge in [0.15, 0.2) is 0 Å². The van der Waals surface area contributed by atoms with Crippen LogP contribution in [0.2, 0.25) is 0 Å². The molecule has 0 aromatic heterocycles. The highest BCUT2D eigenvalue weighted by atomic mass is 16.3. The lowest BCUT2D eigenvalue weighted by Crippen LogP contribution is -2.32. The first-order valence-corrected chi connectivity index (χ1v) is 6.79. The lowest BCUT2D eigenvalue weighted by Gasteiger charge is -2.31. The number of allylic oxidation sites excluding steroid dienone is 1. The molecule has 0 aromatic carbocycles. The molecule has 16 heavy (non-hydrogen) atoms. The number of rotatable bonds is 1. The van der Waals surface area contributed by atoms with Crippen molar-refractivity contribution in [1.29, 1.82) is 0 Å². The van der Waals surface area contributed by atoms with Crippen LogP contribution in [0.3, 0.4) is 0 Å². The summed E-state index contributed by atoms with van der Waals surface area (Å²) < 4.78 is 0. The van der Waals surface area contributed by atoms with E-state index in [1.165, 1.54) is 24.8 Å². The molecule has 1 heteroatoms. The van der Waals surface area contributed by atoms with E-state index in [-0.39, 0.29) is 0 Å². The van der Waals surface area contributed by atoms with Crippen LogP contribution in [0.4, 0.5) is 0 Å². The fourth-order valence-corrected chi connectivity index (χ4v) is 3.80. The molecule has 2 aliphatic carbocycles. The van der Waals surface area contributed by atoms with Gasteiger partial charge < -0.3 is 5.11 Å². The molecule has 0 aromatic rings. The first-order chi connectivity index (χ1) is 7.39. The van der Waals surface area contributed by atoms with Crippen LogP contribution in [0.15, 0.2) is 12.2 Å². The smallest absolute Gasteiger partial charge is 0.0620 e. The van der Waals surface area contributed by atoms with Crippen molar-refractivity contribution in [1.82, 2.24) is 0 Å². The Labute approximate surface area is 99.9 Å². The van der Waals surface area contributed by atoms with E-state index < -0.39 is 5.60 Å². The first kappa shape index (κ1) is 12.2. The van der Waals surface area contributed by atoms with Crippen LogP contribution >= 0.6 is 0 Å². The van der Waals surface area contributed by atoms with Crippen molar-refractivity contribution in [3.8, 4) is 0 Å². The van der Waals surface area contributed by atoms with Crippen LogP contribution in [0, 0.1) is 23.7 Å². The molecule has 2 aliphatic rings. The van der Waals surface area contributed by atoms with Gasteiger partial charge in [-0.1, -0.05) is 19.1 Å². The van der Waals surface area contributed by atoms with E-state index in [9.17, 15) is 5.11 Å². The molecule has 4 atom stereocenters. The fraction of sp³-hybridized carbons (Fsp3) is 0.867. The molecular formula is C15H26O. The Morgan fingerprint density at radius 2 is 1.94 bits per heavy atom. The average Bonchev–Trinajstić information content (AvgIpc) is 2.42. The van der Waals surface area contributed by atoms with E-state index >= 15 is 0 Å². The summed E-state index contributed by atoms with van der Waals surface area (Å²) in [4.78, 5) is 0. The zero-order valence-electron chi connectivity index (χ0n) is 11.0. The summed E-state index contributed by atoms with van der Waals surface area (Å²) >= 11 is 0. The zero-order chi connectivity index (χ0) is 11.9. The van der Waals surface area contributed by atoms with Crippen LogP contribution in [0.25, 0.3) is 0 Å². The summed E-state index contributed by atoms with van der Waals surface area (Å²) in [6.07, 6.45) is 6.15. The monoisotopic (exact) mass is 222 g/mol. The van der Waals surface area contributed by atoms with Gasteiger partial charge in [-0.25, -0.2) is 0 Å². The molecule has 0 aliphatic heterocycles. The van der Waals surface area contributed by atoms with E-state index in [1.807, 2.05) is 13.8 Å². The Hall–Kier alpha value is -0.300. The summed E-state index contributed by atoms with van der Waals surface area (Å²) in [7, 11) is 0. The fourth-order valence-electron chi connectivity index (χ4n) is 3.80. The first-order valence-electron chi connectivity index (χ1n) is 6.79. The van der Waals surface area contributed by atoms with Gasteiger partial charge in [-0.3, -0.25) is 0 Å². The van der Waals surface area contributed by atoms with Crippen LogP contribution < -0.4 is 0 Å². The summed E-state index contributed by atoms with van der Waals surface area (Å²) in [5.74, 6) is 2.82. The number of hydrogen-bond donors (Lipinski definition) is 1. The van der Waals surface area contributed by atoms with Crippen molar-refractivity contribution in [2.24, 2.45) is 23.7 Å². The number of aliphatic hydroxyl groups is 1. The summed E-state index contributed by atoms with van der Waals surface area (Å²) in [6.45, 7) is 10.6. The summed E-state index contributed by atoms with van der Waals surface area (Å²) in [5.41, 5.74) is 0.943. The Balaban J connectivity index is 2.17. The summed E-state index contributed by atoms with van der Waals surface area (Å²) in [6, 6.07) is 0. The Morgan fingerprint density at radius 1 is 1.25 bits per heavy atom. The third-order valence-corrected chi connectivity index (χ3v) is 5.07. The molecule has 2 saturated carbocycles. The van der Waals surface area contributed by atoms with Gasteiger partial charge in [0.05, 0.1) is 5.60 Å². The van der Waals surface area contributed by atoms with E-state index in [1.54, 1.807) is 0 Å². The Bertz CT molecular complexity index is 274. The van der Waals surface area contributed by atoms with Crippen LogP contribution in [0.5, 0.6) is 0 Å². The average molecular weight is 222 g/mol. The Morgan fingerprint density at radius 3 is 2.56 bits per heavy atom. The predicted octanol–water partition coefficient (Wildman–Crippen LogP) is 3.78. The maximum absolute atomic E-state index is 10.2. The van der Waals surface area contributed by atoms with Crippen molar-refractivity contribution < 1.29 is 5.11 Å². The minimum atomic E-state index is -0.516. The highest BCUT2D eigenvalue weighted by molar-refractivity contribution is 5.10. The molecule has 0 saturated heterocycles. The van der Waals surface area contributed by atoms with Crippen molar-refractivity contribution in [2.75, 3.05) is 0 Å². The normalized spacial score (nSPS) is 40.6. The third kappa shape index (κ3) is 2.20. The van der Waals surface area contributed by atoms with E-state index in [2.05, 4.69) is 13.5 Å². The van der Waals surface area contributed by atoms with Gasteiger partial charge in [-0.15, -0.1) is 0 Å². The second kappa shape index (κ2) is 4.18. The Kier molecular flexibility index (Phi) is 3.18. The molecule has 0 radical (unpaired) electrons. The van der Waals surface area contributed by atoms with Gasteiger partial charge in [0.2, 0.25) is 0 Å². The largest absolute Gasteiger partial charge is 0.390 e. The SMILES string of the molecule is C=C1CC[C@H](C(C)(C)O)C[C@H]2C(C)CC[C@H]12. The van der Waals surface area contributed by atoms with E-state index in [4.69, 9.17) is 0 Å². The van der Waals surface area contributed by atoms with Gasteiger partial charge in [0.1, 0.15) is 0 Å². The van der Waals surface area contributed by atoms with Crippen molar-refractivity contribution in [2.45, 2.75) is 58.5 Å². The van der Waals surface area contributed by atoms with Gasteiger partial charge >= 0.3 is 0 Å². The standard InChI is InChI=1S/C15H26O/c1-10-5-7-12(15(3,4)16)9-14-11(2)6-8-13(10)14/h11-14,16H,1,5-9H2,2-4H3/t11?,12-,13+,14-/m0/s1. The highest BCUT2D eigenvalue weighted by Crippen LogP contribution is 2.49. The predicted molar refractivity (Wildman–Crippen MR) is 68.2 cm³/mol. The van der Waals surface area contributed by atoms with Crippen molar-refractivity contribution in [3.63, 3.8) is 0 Å². The second-order valence-electron chi connectivity index (χ2n) is 6.61. The van der Waals surface area contributed by atoms with E-state index in [0.717, 1.165) is 30.6 Å². The van der Waals surface area contributed by atoms with E-state index in [0.29, 0.717) is 5.92 Å². The zero-order valence-corrected chi connectivity index (χ0v) is 11.0. The highest BCUT2D eigenvalue weighted by Gasteiger charge is 2.41. The van der Waals surface area contributed by atoms with Crippen LogP contribution in [-0.2, 0) is 0 Å². The molecule has 2 rings (SSSR count). The maximum atomic E-state index is 10.2. The molecule has 0 spiro atoms. The lowest BCUT2D eigenvalue weighted by molar-refractivity contribution is 0.00196. The molecule has 1 unspecified atom stereocenters. The molecule has 1 nitrogen and oxygen atoms in total. The van der Waals surface area contributed by atoms with Gasteiger partial charge in [0, 0.05) is 0 Å². The maximum Gasteiger partial charge on any atom is 0.0620 e. The minimum Gasteiger partial charge on any atom is -0.390 e. The molecule has 92 valence electrons. The number of hydrogen-bond acceptors (Lipinski definition) is 1. The van der Waals surface area contributed by atoms with Gasteiger partial charge in [-0.2, -0.15) is 0 Å². The molecule has 0 amide bonds. The molecule has 2 fully saturated rings. The lowest BCUT2D eigenvalue weighted by atomic mass is 9.78. The second-order valence-corrected chi connectivity index (χ2v) is 6.61. The molecule has 0 bridgehead atoms. The van der Waals surface area contributed by atoms with Crippen molar-refractivity contribution in [3.05, 3.63) is 12.2 Å². The van der Waals surface area contributed by atoms with Gasteiger partial charge in [0.25, 0.3) is 0 Å². The third-order valence-electron chi connectivity index (χ3n) is 5.07. The quantitative estimate of drug-likeness (QED) is 0.669. The molecule has 0 heterocycles. The number of fused-ring (bicyclic) bond motifs is 1. The molecular weight excluding hydrogens is 196 g/mol. The van der Waals surface area contributed by atoms with Crippen molar-refractivity contribution >= 4 is 0 Å². The molecule has 1 N–H and O–H groups in total. The van der Waals surface area contributed by atoms with Crippen LogP contribution in [-0.4, -0.2) is 10.7 Å². The topological polar surface area (TPSA) is 20.2 Å².